The second kappa shape index (κ2) is 7.08. The molecule has 2 aromatic carbocycles. The molecule has 24 heavy (non-hydrogen) atoms. The van der Waals surface area contributed by atoms with Crippen molar-refractivity contribution in [1.82, 2.24) is 4.90 Å². The highest BCUT2D eigenvalue weighted by molar-refractivity contribution is 7.90. The minimum Gasteiger partial charge on any atom is -0.303 e. The average Bonchev–Trinajstić information content (AvgIpc) is 2.98. The molecule has 0 unspecified atom stereocenters. The molecule has 0 aliphatic carbocycles. The Balaban J connectivity index is 1.63. The SMILES string of the molecule is C[C@@H]1CCN(CCc2ccc(-c3ccc(S(C)(=O)=O)cc3)cc2)C1. The summed E-state index contributed by atoms with van der Waals surface area (Å²) in [5.74, 6) is 0.835. The topological polar surface area (TPSA) is 37.4 Å². The van der Waals surface area contributed by atoms with Crippen LogP contribution in [0, 0.1) is 5.92 Å². The van der Waals surface area contributed by atoms with Crippen molar-refractivity contribution < 1.29 is 8.42 Å². The molecule has 2 aromatic rings. The van der Waals surface area contributed by atoms with Crippen LogP contribution < -0.4 is 0 Å². The Hall–Kier alpha value is -1.65. The van der Waals surface area contributed by atoms with Gasteiger partial charge in [0.15, 0.2) is 9.84 Å². The summed E-state index contributed by atoms with van der Waals surface area (Å²) >= 11 is 0. The third kappa shape index (κ3) is 4.25. The zero-order valence-electron chi connectivity index (χ0n) is 14.4. The van der Waals surface area contributed by atoms with Crippen molar-refractivity contribution in [2.45, 2.75) is 24.7 Å². The normalized spacial score (nSPS) is 18.8. The van der Waals surface area contributed by atoms with E-state index in [-0.39, 0.29) is 0 Å². The molecule has 1 aliphatic heterocycles. The van der Waals surface area contributed by atoms with E-state index in [0.717, 1.165) is 30.0 Å². The van der Waals surface area contributed by atoms with Crippen molar-refractivity contribution in [3.8, 4) is 11.1 Å². The van der Waals surface area contributed by atoms with Gasteiger partial charge in [-0.2, -0.15) is 0 Å². The van der Waals surface area contributed by atoms with Gasteiger partial charge < -0.3 is 4.90 Å². The molecule has 128 valence electrons. The van der Waals surface area contributed by atoms with Gasteiger partial charge in [-0.1, -0.05) is 43.3 Å². The van der Waals surface area contributed by atoms with E-state index in [9.17, 15) is 8.42 Å². The number of rotatable bonds is 5. The van der Waals surface area contributed by atoms with E-state index in [1.807, 2.05) is 12.1 Å². The van der Waals surface area contributed by atoms with Gasteiger partial charge in [0.1, 0.15) is 0 Å². The zero-order valence-corrected chi connectivity index (χ0v) is 15.2. The first-order chi connectivity index (χ1) is 11.4. The molecule has 1 atom stereocenters. The van der Waals surface area contributed by atoms with Gasteiger partial charge in [-0.15, -0.1) is 0 Å². The molecule has 0 aromatic heterocycles. The highest BCUT2D eigenvalue weighted by Gasteiger charge is 2.17. The third-order valence-corrected chi connectivity index (χ3v) is 5.92. The predicted octanol–water partition coefficient (Wildman–Crippen LogP) is 3.64. The van der Waals surface area contributed by atoms with Crippen molar-refractivity contribution >= 4 is 9.84 Å². The summed E-state index contributed by atoms with van der Waals surface area (Å²) in [4.78, 5) is 2.91. The molecule has 3 rings (SSSR count). The van der Waals surface area contributed by atoms with Crippen molar-refractivity contribution in [2.24, 2.45) is 5.92 Å². The Bertz CT molecular complexity index is 779. The largest absolute Gasteiger partial charge is 0.303 e. The molecule has 0 saturated carbocycles. The number of hydrogen-bond donors (Lipinski definition) is 0. The Morgan fingerprint density at radius 3 is 2.08 bits per heavy atom. The van der Waals surface area contributed by atoms with E-state index in [0.29, 0.717) is 4.90 Å². The van der Waals surface area contributed by atoms with Crippen LogP contribution in [0.5, 0.6) is 0 Å². The van der Waals surface area contributed by atoms with Gasteiger partial charge in [-0.3, -0.25) is 0 Å². The van der Waals surface area contributed by atoms with Crippen LogP contribution >= 0.6 is 0 Å². The van der Waals surface area contributed by atoms with Gasteiger partial charge in [-0.05, 0) is 54.1 Å². The molecule has 0 N–H and O–H groups in total. The number of likely N-dealkylation sites (tertiary alicyclic amines) is 1. The summed E-state index contributed by atoms with van der Waals surface area (Å²) < 4.78 is 23.0. The number of benzene rings is 2. The van der Waals surface area contributed by atoms with Crippen LogP contribution in [0.2, 0.25) is 0 Å². The lowest BCUT2D eigenvalue weighted by atomic mass is 10.0. The van der Waals surface area contributed by atoms with Crippen molar-refractivity contribution in [2.75, 3.05) is 25.9 Å². The van der Waals surface area contributed by atoms with Gasteiger partial charge in [0.2, 0.25) is 0 Å². The van der Waals surface area contributed by atoms with Gasteiger partial charge in [0.05, 0.1) is 4.90 Å². The fourth-order valence-corrected chi connectivity index (χ4v) is 3.91. The average molecular weight is 343 g/mol. The summed E-state index contributed by atoms with van der Waals surface area (Å²) in [5.41, 5.74) is 3.52. The molecule has 1 heterocycles. The minimum atomic E-state index is -3.13. The third-order valence-electron chi connectivity index (χ3n) is 4.79. The maximum Gasteiger partial charge on any atom is 0.175 e. The smallest absolute Gasteiger partial charge is 0.175 e. The van der Waals surface area contributed by atoms with E-state index in [1.165, 1.54) is 31.3 Å². The van der Waals surface area contributed by atoms with Crippen molar-refractivity contribution in [1.29, 1.82) is 0 Å². The number of nitrogens with zero attached hydrogens (tertiary/aromatic N) is 1. The van der Waals surface area contributed by atoms with Crippen LogP contribution in [0.4, 0.5) is 0 Å². The summed E-state index contributed by atoms with van der Waals surface area (Å²) in [7, 11) is -3.13. The van der Waals surface area contributed by atoms with Crippen LogP contribution in [-0.2, 0) is 16.3 Å². The predicted molar refractivity (Wildman–Crippen MR) is 98.9 cm³/mol. The molecule has 0 bridgehead atoms. The lowest BCUT2D eigenvalue weighted by Crippen LogP contribution is -2.22. The standard InChI is InChI=1S/C20H25NO2S/c1-16-11-13-21(15-16)14-12-17-3-5-18(6-4-17)19-7-9-20(10-8-19)24(2,22)23/h3-10,16H,11-15H2,1-2H3/t16-/m1/s1. The molecule has 1 aliphatic rings. The minimum absolute atomic E-state index is 0.364. The van der Waals surface area contributed by atoms with Gasteiger partial charge in [-0.25, -0.2) is 8.42 Å². The van der Waals surface area contributed by atoms with Gasteiger partial charge in [0, 0.05) is 19.3 Å². The molecular weight excluding hydrogens is 318 g/mol. The zero-order chi connectivity index (χ0) is 17.2. The highest BCUT2D eigenvalue weighted by atomic mass is 32.2. The van der Waals surface area contributed by atoms with Crippen molar-refractivity contribution in [3.05, 3.63) is 54.1 Å². The first kappa shape index (κ1) is 17.2. The van der Waals surface area contributed by atoms with Gasteiger partial charge >= 0.3 is 0 Å². The van der Waals surface area contributed by atoms with Crippen molar-refractivity contribution in [3.63, 3.8) is 0 Å². The van der Waals surface area contributed by atoms with E-state index in [2.05, 4.69) is 36.1 Å². The van der Waals surface area contributed by atoms with Crippen LogP contribution in [0.15, 0.2) is 53.4 Å². The Labute approximate surface area is 145 Å². The quantitative estimate of drug-likeness (QED) is 0.832. The molecule has 4 heteroatoms. The van der Waals surface area contributed by atoms with E-state index < -0.39 is 9.84 Å². The van der Waals surface area contributed by atoms with Crippen LogP contribution in [-0.4, -0.2) is 39.2 Å². The Morgan fingerprint density at radius 2 is 1.58 bits per heavy atom. The van der Waals surface area contributed by atoms with E-state index in [1.54, 1.807) is 12.1 Å². The second-order valence-electron chi connectivity index (χ2n) is 6.94. The summed E-state index contributed by atoms with van der Waals surface area (Å²) in [6.07, 6.45) is 3.64. The lowest BCUT2D eigenvalue weighted by Gasteiger charge is -2.15. The Morgan fingerprint density at radius 1 is 1.00 bits per heavy atom. The number of hydrogen-bond acceptors (Lipinski definition) is 3. The van der Waals surface area contributed by atoms with Gasteiger partial charge in [0.25, 0.3) is 0 Å². The molecule has 1 saturated heterocycles. The second-order valence-corrected chi connectivity index (χ2v) is 8.95. The van der Waals surface area contributed by atoms with Crippen LogP contribution in [0.3, 0.4) is 0 Å². The molecule has 3 nitrogen and oxygen atoms in total. The monoisotopic (exact) mass is 343 g/mol. The first-order valence-corrected chi connectivity index (χ1v) is 10.4. The number of sulfone groups is 1. The molecule has 0 amide bonds. The van der Waals surface area contributed by atoms with E-state index in [4.69, 9.17) is 0 Å². The maximum atomic E-state index is 11.5. The fourth-order valence-electron chi connectivity index (χ4n) is 3.28. The molecule has 1 fully saturated rings. The molecule has 0 radical (unpaired) electrons. The highest BCUT2D eigenvalue weighted by Crippen LogP contribution is 2.22. The molecular formula is C20H25NO2S. The summed E-state index contributed by atoms with van der Waals surface area (Å²) in [5, 5.41) is 0. The Kier molecular flexibility index (Phi) is 5.07. The lowest BCUT2D eigenvalue weighted by molar-refractivity contribution is 0.332. The summed E-state index contributed by atoms with van der Waals surface area (Å²) in [6, 6.07) is 15.7. The summed E-state index contributed by atoms with van der Waals surface area (Å²) in [6.45, 7) is 5.91. The van der Waals surface area contributed by atoms with E-state index >= 15 is 0 Å². The van der Waals surface area contributed by atoms with Crippen LogP contribution in [0.1, 0.15) is 18.9 Å². The fraction of sp³-hybridized carbons (Fsp3) is 0.400. The maximum absolute atomic E-state index is 11.5. The van der Waals surface area contributed by atoms with Crippen LogP contribution in [0.25, 0.3) is 11.1 Å². The first-order valence-electron chi connectivity index (χ1n) is 8.53. The molecule has 0 spiro atoms.